The number of aromatic nitrogens is 1. The fourth-order valence-corrected chi connectivity index (χ4v) is 2.22. The Morgan fingerprint density at radius 2 is 2.50 bits per heavy atom. The fraction of sp³-hybridized carbons (Fsp3) is 0.500. The minimum absolute atomic E-state index is 0.0276. The molecule has 0 unspecified atom stereocenters. The normalized spacial score (nSPS) is 16.1. The number of carbonyl (C=O) groups excluding carboxylic acids is 2. The average Bonchev–Trinajstić information content (AvgIpc) is 2.64. The first-order chi connectivity index (χ1) is 7.65. The summed E-state index contributed by atoms with van der Waals surface area (Å²) in [5.74, 6) is -0.116. The SMILES string of the molecule is Cc1nc(CC(=O)N2CCNC(=O)C2)cs1. The van der Waals surface area contributed by atoms with Crippen molar-refractivity contribution in [3.05, 3.63) is 16.1 Å². The maximum Gasteiger partial charge on any atom is 0.239 e. The summed E-state index contributed by atoms with van der Waals surface area (Å²) in [6.45, 7) is 3.21. The molecule has 1 aliphatic rings. The van der Waals surface area contributed by atoms with E-state index in [9.17, 15) is 9.59 Å². The second-order valence-corrected chi connectivity index (χ2v) is 4.76. The Bertz CT molecular complexity index is 416. The fourth-order valence-electron chi connectivity index (χ4n) is 1.61. The van der Waals surface area contributed by atoms with Crippen LogP contribution in [0.25, 0.3) is 0 Å². The number of hydrogen-bond donors (Lipinski definition) is 1. The molecular formula is C10H13N3O2S. The highest BCUT2D eigenvalue weighted by molar-refractivity contribution is 7.09. The molecule has 1 saturated heterocycles. The van der Waals surface area contributed by atoms with E-state index in [-0.39, 0.29) is 24.8 Å². The number of hydrogen-bond acceptors (Lipinski definition) is 4. The summed E-state index contributed by atoms with van der Waals surface area (Å²) in [4.78, 5) is 28.8. The van der Waals surface area contributed by atoms with Crippen LogP contribution in [0.5, 0.6) is 0 Å². The molecule has 86 valence electrons. The van der Waals surface area contributed by atoms with Gasteiger partial charge in [-0.15, -0.1) is 11.3 Å². The molecule has 1 N–H and O–H groups in total. The van der Waals surface area contributed by atoms with Gasteiger partial charge in [0.05, 0.1) is 23.7 Å². The van der Waals surface area contributed by atoms with Gasteiger partial charge in [-0.3, -0.25) is 9.59 Å². The highest BCUT2D eigenvalue weighted by Gasteiger charge is 2.21. The predicted octanol–water partition coefficient (Wildman–Crippen LogP) is -0.0476. The van der Waals surface area contributed by atoms with E-state index in [2.05, 4.69) is 10.3 Å². The summed E-state index contributed by atoms with van der Waals surface area (Å²) in [6, 6.07) is 0. The first-order valence-electron chi connectivity index (χ1n) is 5.10. The molecule has 16 heavy (non-hydrogen) atoms. The third-order valence-electron chi connectivity index (χ3n) is 2.39. The van der Waals surface area contributed by atoms with Crippen LogP contribution in [0.3, 0.4) is 0 Å². The van der Waals surface area contributed by atoms with E-state index >= 15 is 0 Å². The van der Waals surface area contributed by atoms with E-state index in [0.717, 1.165) is 10.7 Å². The van der Waals surface area contributed by atoms with Gasteiger partial charge in [-0.05, 0) is 6.92 Å². The van der Waals surface area contributed by atoms with Crippen LogP contribution >= 0.6 is 11.3 Å². The maximum absolute atomic E-state index is 11.8. The van der Waals surface area contributed by atoms with Gasteiger partial charge < -0.3 is 10.2 Å². The van der Waals surface area contributed by atoms with Crippen LogP contribution in [0.15, 0.2) is 5.38 Å². The van der Waals surface area contributed by atoms with Crippen LogP contribution in [0, 0.1) is 6.92 Å². The first-order valence-corrected chi connectivity index (χ1v) is 5.98. The van der Waals surface area contributed by atoms with Crippen molar-refractivity contribution in [1.82, 2.24) is 15.2 Å². The molecule has 2 amide bonds. The van der Waals surface area contributed by atoms with Crippen molar-refractivity contribution < 1.29 is 9.59 Å². The highest BCUT2D eigenvalue weighted by Crippen LogP contribution is 2.09. The maximum atomic E-state index is 11.8. The lowest BCUT2D eigenvalue weighted by molar-refractivity contribution is -0.137. The summed E-state index contributed by atoms with van der Waals surface area (Å²) in [6.07, 6.45) is 0.289. The zero-order valence-corrected chi connectivity index (χ0v) is 9.84. The second-order valence-electron chi connectivity index (χ2n) is 3.70. The number of thiazole rings is 1. The van der Waals surface area contributed by atoms with E-state index < -0.39 is 0 Å². The van der Waals surface area contributed by atoms with Crippen molar-refractivity contribution in [2.24, 2.45) is 0 Å². The van der Waals surface area contributed by atoms with Crippen LogP contribution in [0.4, 0.5) is 0 Å². The molecule has 5 nitrogen and oxygen atoms in total. The predicted molar refractivity (Wildman–Crippen MR) is 60.1 cm³/mol. The molecule has 1 fully saturated rings. The molecule has 1 aromatic heterocycles. The molecule has 1 aliphatic heterocycles. The standard InChI is InChI=1S/C10H13N3O2S/c1-7-12-8(6-16-7)4-10(15)13-3-2-11-9(14)5-13/h6H,2-5H2,1H3,(H,11,14). The van der Waals surface area contributed by atoms with Gasteiger partial charge in [0.1, 0.15) is 0 Å². The van der Waals surface area contributed by atoms with Crippen molar-refractivity contribution in [1.29, 1.82) is 0 Å². The summed E-state index contributed by atoms with van der Waals surface area (Å²) >= 11 is 1.53. The molecule has 1 aromatic rings. The monoisotopic (exact) mass is 239 g/mol. The Labute approximate surface area is 97.5 Å². The second kappa shape index (κ2) is 4.61. The zero-order chi connectivity index (χ0) is 11.5. The number of nitrogens with zero attached hydrogens (tertiary/aromatic N) is 2. The Morgan fingerprint density at radius 3 is 3.12 bits per heavy atom. The lowest BCUT2D eigenvalue weighted by atomic mass is 10.2. The number of carbonyl (C=O) groups is 2. The molecule has 0 atom stereocenters. The summed E-state index contributed by atoms with van der Waals surface area (Å²) in [7, 11) is 0. The van der Waals surface area contributed by atoms with Crippen molar-refractivity contribution in [3.63, 3.8) is 0 Å². The summed E-state index contributed by atoms with van der Waals surface area (Å²) in [5.41, 5.74) is 0.790. The van der Waals surface area contributed by atoms with Crippen LogP contribution in [-0.2, 0) is 16.0 Å². The minimum Gasteiger partial charge on any atom is -0.353 e. The van der Waals surface area contributed by atoms with Gasteiger partial charge in [0.2, 0.25) is 11.8 Å². The molecule has 0 aliphatic carbocycles. The van der Waals surface area contributed by atoms with Gasteiger partial charge in [0.25, 0.3) is 0 Å². The number of amides is 2. The summed E-state index contributed by atoms with van der Waals surface area (Å²) < 4.78 is 0. The van der Waals surface area contributed by atoms with Gasteiger partial charge in [-0.1, -0.05) is 0 Å². The third-order valence-corrected chi connectivity index (χ3v) is 3.21. The number of nitrogens with one attached hydrogen (secondary N) is 1. The van der Waals surface area contributed by atoms with E-state index in [1.165, 1.54) is 11.3 Å². The largest absolute Gasteiger partial charge is 0.353 e. The zero-order valence-electron chi connectivity index (χ0n) is 9.02. The number of piperazine rings is 1. The van der Waals surface area contributed by atoms with E-state index in [0.29, 0.717) is 13.1 Å². The Kier molecular flexibility index (Phi) is 3.19. The van der Waals surface area contributed by atoms with Crippen LogP contribution in [-0.4, -0.2) is 41.3 Å². The van der Waals surface area contributed by atoms with E-state index in [4.69, 9.17) is 0 Å². The molecular weight excluding hydrogens is 226 g/mol. The number of aryl methyl sites for hydroxylation is 1. The lowest BCUT2D eigenvalue weighted by Crippen LogP contribution is -2.50. The average molecular weight is 239 g/mol. The highest BCUT2D eigenvalue weighted by atomic mass is 32.1. The van der Waals surface area contributed by atoms with Gasteiger partial charge >= 0.3 is 0 Å². The van der Waals surface area contributed by atoms with Crippen molar-refractivity contribution in [2.45, 2.75) is 13.3 Å². The molecule has 0 bridgehead atoms. The van der Waals surface area contributed by atoms with Gasteiger partial charge in [0, 0.05) is 18.5 Å². The molecule has 2 rings (SSSR count). The van der Waals surface area contributed by atoms with Crippen LogP contribution < -0.4 is 5.32 Å². The Hall–Kier alpha value is -1.43. The molecule has 0 radical (unpaired) electrons. The van der Waals surface area contributed by atoms with Crippen LogP contribution in [0.1, 0.15) is 10.7 Å². The quantitative estimate of drug-likeness (QED) is 0.787. The lowest BCUT2D eigenvalue weighted by Gasteiger charge is -2.26. The van der Waals surface area contributed by atoms with Gasteiger partial charge in [-0.2, -0.15) is 0 Å². The van der Waals surface area contributed by atoms with Gasteiger partial charge in [0.15, 0.2) is 0 Å². The molecule has 6 heteroatoms. The van der Waals surface area contributed by atoms with Crippen molar-refractivity contribution in [3.8, 4) is 0 Å². The third kappa shape index (κ3) is 2.57. The van der Waals surface area contributed by atoms with E-state index in [1.807, 2.05) is 12.3 Å². The van der Waals surface area contributed by atoms with E-state index in [1.54, 1.807) is 4.90 Å². The Morgan fingerprint density at radius 1 is 1.69 bits per heavy atom. The smallest absolute Gasteiger partial charge is 0.239 e. The topological polar surface area (TPSA) is 62.3 Å². The Balaban J connectivity index is 1.94. The molecule has 0 saturated carbocycles. The first kappa shape index (κ1) is 11.1. The number of rotatable bonds is 2. The molecule has 0 aromatic carbocycles. The molecule has 2 heterocycles. The summed E-state index contributed by atoms with van der Waals surface area (Å²) in [5, 5.41) is 5.53. The van der Waals surface area contributed by atoms with Crippen molar-refractivity contribution in [2.75, 3.05) is 19.6 Å². The van der Waals surface area contributed by atoms with Crippen molar-refractivity contribution >= 4 is 23.2 Å². The van der Waals surface area contributed by atoms with Gasteiger partial charge in [-0.25, -0.2) is 4.98 Å². The minimum atomic E-state index is -0.0888. The molecule has 0 spiro atoms. The van der Waals surface area contributed by atoms with Crippen LogP contribution in [0.2, 0.25) is 0 Å².